The minimum atomic E-state index is 0.779. The van der Waals surface area contributed by atoms with Gasteiger partial charge in [0.2, 0.25) is 0 Å². The zero-order valence-electron chi connectivity index (χ0n) is 13.3. The van der Waals surface area contributed by atoms with Crippen molar-refractivity contribution < 1.29 is 0 Å². The number of hydrogen-bond donors (Lipinski definition) is 1. The van der Waals surface area contributed by atoms with Crippen LogP contribution in [0.2, 0.25) is 0 Å². The van der Waals surface area contributed by atoms with Crippen molar-refractivity contribution in [2.75, 3.05) is 38.1 Å². The van der Waals surface area contributed by atoms with Gasteiger partial charge in [-0.15, -0.1) is 0 Å². The predicted octanol–water partition coefficient (Wildman–Crippen LogP) is 2.11. The number of benzene rings is 1. The average Bonchev–Trinajstić information content (AvgIpc) is 3.14. The SMILES string of the molecule is CCC1C2CNCC2CN1Cc1ccc2c(c1)CCN2C. The fraction of sp³-hybridized carbons (Fsp3) is 0.667. The first kappa shape index (κ1) is 13.6. The molecule has 2 saturated heterocycles. The predicted molar refractivity (Wildman–Crippen MR) is 87.8 cm³/mol. The Kier molecular flexibility index (Phi) is 3.43. The van der Waals surface area contributed by atoms with Crippen molar-refractivity contribution in [3.63, 3.8) is 0 Å². The van der Waals surface area contributed by atoms with Crippen LogP contribution in [0, 0.1) is 11.8 Å². The van der Waals surface area contributed by atoms with E-state index >= 15 is 0 Å². The van der Waals surface area contributed by atoms with Crippen LogP contribution in [0.15, 0.2) is 18.2 Å². The molecule has 3 heterocycles. The largest absolute Gasteiger partial charge is 0.374 e. The van der Waals surface area contributed by atoms with Crippen LogP contribution in [-0.2, 0) is 13.0 Å². The van der Waals surface area contributed by atoms with Crippen molar-refractivity contribution in [2.45, 2.75) is 32.4 Å². The first-order valence-corrected chi connectivity index (χ1v) is 8.54. The second-order valence-corrected chi connectivity index (χ2v) is 7.12. The van der Waals surface area contributed by atoms with E-state index in [1.54, 1.807) is 5.56 Å². The summed E-state index contributed by atoms with van der Waals surface area (Å²) in [7, 11) is 2.20. The molecule has 3 heteroatoms. The summed E-state index contributed by atoms with van der Waals surface area (Å²) in [5.41, 5.74) is 4.49. The molecule has 3 atom stereocenters. The van der Waals surface area contributed by atoms with Crippen LogP contribution >= 0.6 is 0 Å². The molecular formula is C18H27N3. The second kappa shape index (κ2) is 5.29. The van der Waals surface area contributed by atoms with Crippen LogP contribution in [-0.4, -0.2) is 44.2 Å². The van der Waals surface area contributed by atoms with Crippen LogP contribution < -0.4 is 10.2 Å². The third-order valence-electron chi connectivity index (χ3n) is 5.90. The second-order valence-electron chi connectivity index (χ2n) is 7.12. The van der Waals surface area contributed by atoms with Gasteiger partial charge in [-0.2, -0.15) is 0 Å². The molecule has 0 amide bonds. The molecule has 0 aliphatic carbocycles. The normalized spacial score (nSPS) is 31.7. The number of fused-ring (bicyclic) bond motifs is 2. The highest BCUT2D eigenvalue weighted by Gasteiger charge is 2.42. The van der Waals surface area contributed by atoms with Gasteiger partial charge in [-0.1, -0.05) is 19.1 Å². The van der Waals surface area contributed by atoms with E-state index < -0.39 is 0 Å². The lowest BCUT2D eigenvalue weighted by molar-refractivity contribution is 0.210. The molecule has 21 heavy (non-hydrogen) atoms. The van der Waals surface area contributed by atoms with Gasteiger partial charge in [-0.3, -0.25) is 4.90 Å². The van der Waals surface area contributed by atoms with Crippen LogP contribution in [0.5, 0.6) is 0 Å². The first-order valence-electron chi connectivity index (χ1n) is 8.54. The Labute approximate surface area is 128 Å². The summed E-state index contributed by atoms with van der Waals surface area (Å²) in [4.78, 5) is 5.12. The molecule has 3 nitrogen and oxygen atoms in total. The topological polar surface area (TPSA) is 18.5 Å². The quantitative estimate of drug-likeness (QED) is 0.917. The third-order valence-corrected chi connectivity index (χ3v) is 5.90. The summed E-state index contributed by atoms with van der Waals surface area (Å²) in [6, 6.07) is 7.91. The van der Waals surface area contributed by atoms with E-state index in [4.69, 9.17) is 0 Å². The molecule has 1 aromatic carbocycles. The van der Waals surface area contributed by atoms with Gasteiger partial charge in [0.25, 0.3) is 0 Å². The number of nitrogens with zero attached hydrogens (tertiary/aromatic N) is 2. The monoisotopic (exact) mass is 285 g/mol. The molecule has 1 N–H and O–H groups in total. The van der Waals surface area contributed by atoms with Crippen LogP contribution in [0.1, 0.15) is 24.5 Å². The van der Waals surface area contributed by atoms with E-state index in [1.165, 1.54) is 50.3 Å². The van der Waals surface area contributed by atoms with Crippen LogP contribution in [0.25, 0.3) is 0 Å². The van der Waals surface area contributed by atoms with Gasteiger partial charge >= 0.3 is 0 Å². The lowest BCUT2D eigenvalue weighted by Crippen LogP contribution is -2.34. The molecule has 2 fully saturated rings. The summed E-state index contributed by atoms with van der Waals surface area (Å²) < 4.78 is 0. The molecule has 114 valence electrons. The fourth-order valence-corrected chi connectivity index (χ4v) is 4.81. The molecule has 3 aliphatic rings. The third kappa shape index (κ3) is 2.27. The number of anilines is 1. The maximum absolute atomic E-state index is 3.58. The van der Waals surface area contributed by atoms with E-state index in [-0.39, 0.29) is 0 Å². The molecule has 0 saturated carbocycles. The van der Waals surface area contributed by atoms with Gasteiger partial charge in [0.1, 0.15) is 0 Å². The fourth-order valence-electron chi connectivity index (χ4n) is 4.81. The molecule has 3 aliphatic heterocycles. The van der Waals surface area contributed by atoms with Crippen LogP contribution in [0.3, 0.4) is 0 Å². The minimum absolute atomic E-state index is 0.779. The molecule has 0 radical (unpaired) electrons. The number of rotatable bonds is 3. The smallest absolute Gasteiger partial charge is 0.0397 e. The van der Waals surface area contributed by atoms with Gasteiger partial charge in [0, 0.05) is 38.4 Å². The average molecular weight is 285 g/mol. The van der Waals surface area contributed by atoms with Crippen molar-refractivity contribution in [3.05, 3.63) is 29.3 Å². The lowest BCUT2D eigenvalue weighted by atomic mass is 9.93. The van der Waals surface area contributed by atoms with E-state index in [9.17, 15) is 0 Å². The zero-order chi connectivity index (χ0) is 14.4. The molecule has 3 unspecified atom stereocenters. The van der Waals surface area contributed by atoms with Crippen molar-refractivity contribution in [1.29, 1.82) is 0 Å². The Balaban J connectivity index is 1.51. The highest BCUT2D eigenvalue weighted by molar-refractivity contribution is 5.58. The van der Waals surface area contributed by atoms with Gasteiger partial charge < -0.3 is 10.2 Å². The maximum Gasteiger partial charge on any atom is 0.0397 e. The summed E-state index contributed by atoms with van der Waals surface area (Å²) in [5.74, 6) is 1.77. The molecule has 0 bridgehead atoms. The maximum atomic E-state index is 3.58. The number of likely N-dealkylation sites (N-methyl/N-ethyl adjacent to an activating group) is 1. The molecule has 0 spiro atoms. The Morgan fingerprint density at radius 1 is 1.29 bits per heavy atom. The summed E-state index contributed by atoms with van der Waals surface area (Å²) >= 11 is 0. The van der Waals surface area contributed by atoms with Gasteiger partial charge in [0.15, 0.2) is 0 Å². The molecule has 0 aromatic heterocycles. The van der Waals surface area contributed by atoms with Gasteiger partial charge in [-0.25, -0.2) is 0 Å². The van der Waals surface area contributed by atoms with Crippen molar-refractivity contribution in [1.82, 2.24) is 10.2 Å². The summed E-state index contributed by atoms with van der Waals surface area (Å²) in [6.07, 6.45) is 2.50. The molecule has 1 aromatic rings. The minimum Gasteiger partial charge on any atom is -0.374 e. The van der Waals surface area contributed by atoms with Gasteiger partial charge in [-0.05, 0) is 55.0 Å². The Bertz CT molecular complexity index is 527. The van der Waals surface area contributed by atoms with E-state index in [2.05, 4.69) is 47.3 Å². The van der Waals surface area contributed by atoms with Crippen molar-refractivity contribution in [2.24, 2.45) is 11.8 Å². The first-order chi connectivity index (χ1) is 10.3. The molecular weight excluding hydrogens is 258 g/mol. The van der Waals surface area contributed by atoms with Crippen molar-refractivity contribution >= 4 is 5.69 Å². The van der Waals surface area contributed by atoms with Gasteiger partial charge in [0.05, 0.1) is 0 Å². The molecule has 4 rings (SSSR count). The zero-order valence-corrected chi connectivity index (χ0v) is 13.3. The lowest BCUT2D eigenvalue weighted by Gasteiger charge is -2.27. The van der Waals surface area contributed by atoms with Crippen LogP contribution in [0.4, 0.5) is 5.69 Å². The Hall–Kier alpha value is -1.06. The van der Waals surface area contributed by atoms with E-state index in [0.717, 1.165) is 24.4 Å². The summed E-state index contributed by atoms with van der Waals surface area (Å²) in [6.45, 7) is 8.42. The Morgan fingerprint density at radius 2 is 2.19 bits per heavy atom. The summed E-state index contributed by atoms with van der Waals surface area (Å²) in [5, 5.41) is 3.58. The van der Waals surface area contributed by atoms with E-state index in [1.807, 2.05) is 0 Å². The standard InChI is InChI=1S/C18H27N3/c1-3-17-16-10-19-9-15(16)12-21(17)11-13-4-5-18-14(8-13)6-7-20(18)2/h4-5,8,15-17,19H,3,6-7,9-12H2,1-2H3. The number of hydrogen-bond acceptors (Lipinski definition) is 3. The van der Waals surface area contributed by atoms with Crippen molar-refractivity contribution in [3.8, 4) is 0 Å². The highest BCUT2D eigenvalue weighted by atomic mass is 15.2. The number of likely N-dealkylation sites (tertiary alicyclic amines) is 1. The van der Waals surface area contributed by atoms with E-state index in [0.29, 0.717) is 0 Å². The number of nitrogens with one attached hydrogen (secondary N) is 1. The highest BCUT2D eigenvalue weighted by Crippen LogP contribution is 2.36. The Morgan fingerprint density at radius 3 is 3.05 bits per heavy atom.